The molecule has 0 aliphatic carbocycles. The van der Waals surface area contributed by atoms with Crippen LogP contribution in [0.5, 0.6) is 0 Å². The van der Waals surface area contributed by atoms with Gasteiger partial charge in [-0.15, -0.1) is 0 Å². The molecule has 2 N–H and O–H groups in total. The summed E-state index contributed by atoms with van der Waals surface area (Å²) in [6.45, 7) is 1.72. The molecule has 0 heterocycles. The van der Waals surface area contributed by atoms with Crippen molar-refractivity contribution < 1.29 is 9.53 Å². The van der Waals surface area contributed by atoms with Gasteiger partial charge in [0.25, 0.3) is 0 Å². The molecule has 1 aromatic rings. The quantitative estimate of drug-likeness (QED) is 0.533. The molecular weight excluding hydrogens is 180 g/mol. The number of aryl methyl sites for hydroxylation is 1. The summed E-state index contributed by atoms with van der Waals surface area (Å²) in [5.41, 5.74) is 7.20. The van der Waals surface area contributed by atoms with Crippen molar-refractivity contribution in [3.8, 4) is 6.07 Å². The Hall–Kier alpha value is -2.02. The third kappa shape index (κ3) is 1.67. The van der Waals surface area contributed by atoms with Gasteiger partial charge in [0.1, 0.15) is 6.07 Å². The Morgan fingerprint density at radius 1 is 1.57 bits per heavy atom. The van der Waals surface area contributed by atoms with Gasteiger partial charge in [-0.1, -0.05) is 0 Å². The molecule has 4 nitrogen and oxygen atoms in total. The van der Waals surface area contributed by atoms with Gasteiger partial charge in [-0.2, -0.15) is 5.26 Å². The molecule has 14 heavy (non-hydrogen) atoms. The second kappa shape index (κ2) is 3.79. The molecule has 0 unspecified atom stereocenters. The number of carbonyl (C=O) groups is 1. The normalized spacial score (nSPS) is 9.21. The number of anilines is 1. The summed E-state index contributed by atoms with van der Waals surface area (Å²) in [5.74, 6) is -0.544. The average molecular weight is 190 g/mol. The van der Waals surface area contributed by atoms with Gasteiger partial charge in [0.05, 0.1) is 18.2 Å². The molecule has 0 bridgehead atoms. The van der Waals surface area contributed by atoms with E-state index in [1.807, 2.05) is 6.07 Å². The number of nitrogen functional groups attached to an aromatic ring is 1. The number of nitrogens with two attached hydrogens (primary N) is 1. The van der Waals surface area contributed by atoms with Crippen molar-refractivity contribution in [2.24, 2.45) is 0 Å². The molecule has 0 aliphatic rings. The summed E-state index contributed by atoms with van der Waals surface area (Å²) < 4.78 is 4.54. The zero-order chi connectivity index (χ0) is 10.7. The lowest BCUT2D eigenvalue weighted by molar-refractivity contribution is 0.0600. The van der Waals surface area contributed by atoms with Gasteiger partial charge in [-0.3, -0.25) is 0 Å². The Balaban J connectivity index is 3.41. The topological polar surface area (TPSA) is 76.1 Å². The molecule has 1 aromatic carbocycles. The van der Waals surface area contributed by atoms with Crippen molar-refractivity contribution >= 4 is 11.7 Å². The van der Waals surface area contributed by atoms with E-state index in [4.69, 9.17) is 11.0 Å². The smallest absolute Gasteiger partial charge is 0.339 e. The third-order valence-electron chi connectivity index (χ3n) is 1.87. The number of nitriles is 1. The van der Waals surface area contributed by atoms with Gasteiger partial charge in [0, 0.05) is 5.69 Å². The summed E-state index contributed by atoms with van der Waals surface area (Å²) >= 11 is 0. The van der Waals surface area contributed by atoms with Crippen molar-refractivity contribution in [3.05, 3.63) is 28.8 Å². The maximum Gasteiger partial charge on any atom is 0.339 e. The highest BCUT2D eigenvalue weighted by Gasteiger charge is 2.14. The summed E-state index contributed by atoms with van der Waals surface area (Å²) in [7, 11) is 1.27. The number of ether oxygens (including phenoxy) is 1. The molecule has 72 valence electrons. The lowest BCUT2D eigenvalue weighted by Crippen LogP contribution is -2.06. The van der Waals surface area contributed by atoms with E-state index in [9.17, 15) is 4.79 Å². The zero-order valence-corrected chi connectivity index (χ0v) is 8.00. The molecule has 0 aromatic heterocycles. The van der Waals surface area contributed by atoms with Crippen LogP contribution in [0.25, 0.3) is 0 Å². The van der Waals surface area contributed by atoms with Gasteiger partial charge in [-0.25, -0.2) is 4.79 Å². The van der Waals surface area contributed by atoms with E-state index in [-0.39, 0.29) is 5.56 Å². The Kier molecular flexibility index (Phi) is 2.73. The van der Waals surface area contributed by atoms with E-state index in [1.54, 1.807) is 13.0 Å². The summed E-state index contributed by atoms with van der Waals surface area (Å²) in [6, 6.07) is 5.04. The van der Waals surface area contributed by atoms with Gasteiger partial charge in [0.2, 0.25) is 0 Å². The van der Waals surface area contributed by atoms with E-state index >= 15 is 0 Å². The minimum absolute atomic E-state index is 0.215. The van der Waals surface area contributed by atoms with Crippen LogP contribution in [0, 0.1) is 18.3 Å². The summed E-state index contributed by atoms with van der Waals surface area (Å²) in [6.07, 6.45) is 0. The average Bonchev–Trinajstić information content (AvgIpc) is 2.15. The monoisotopic (exact) mass is 190 g/mol. The molecule has 1 rings (SSSR count). The lowest BCUT2D eigenvalue weighted by atomic mass is 10.0. The van der Waals surface area contributed by atoms with Crippen molar-refractivity contribution in [1.82, 2.24) is 0 Å². The van der Waals surface area contributed by atoms with Crippen LogP contribution >= 0.6 is 0 Å². The second-order valence-electron chi connectivity index (χ2n) is 2.86. The van der Waals surface area contributed by atoms with E-state index < -0.39 is 5.97 Å². The minimum Gasteiger partial charge on any atom is -0.465 e. The molecule has 0 saturated carbocycles. The number of benzene rings is 1. The number of methoxy groups -OCH3 is 1. The van der Waals surface area contributed by atoms with E-state index in [1.165, 1.54) is 13.2 Å². The standard InChI is InChI=1S/C10H10N2O2/c1-6-3-7(12)4-8(9(6)5-11)10(13)14-2/h3-4H,12H2,1-2H3. The fraction of sp³-hybridized carbons (Fsp3) is 0.200. The van der Waals surface area contributed by atoms with Crippen molar-refractivity contribution in [3.63, 3.8) is 0 Å². The Morgan fingerprint density at radius 2 is 2.21 bits per heavy atom. The summed E-state index contributed by atoms with van der Waals surface area (Å²) in [5, 5.41) is 8.84. The largest absolute Gasteiger partial charge is 0.465 e. The highest BCUT2D eigenvalue weighted by atomic mass is 16.5. The third-order valence-corrected chi connectivity index (χ3v) is 1.87. The van der Waals surface area contributed by atoms with Crippen LogP contribution in [0.1, 0.15) is 21.5 Å². The fourth-order valence-corrected chi connectivity index (χ4v) is 1.23. The van der Waals surface area contributed by atoms with Crippen LogP contribution in [0.3, 0.4) is 0 Å². The van der Waals surface area contributed by atoms with Crippen LogP contribution in [-0.4, -0.2) is 13.1 Å². The van der Waals surface area contributed by atoms with E-state index in [0.717, 1.165) is 0 Å². The first kappa shape index (κ1) is 10.1. The Bertz CT molecular complexity index is 419. The molecule has 0 saturated heterocycles. The van der Waals surface area contributed by atoms with E-state index in [0.29, 0.717) is 16.8 Å². The van der Waals surface area contributed by atoms with Gasteiger partial charge in [-0.05, 0) is 24.6 Å². The van der Waals surface area contributed by atoms with Crippen LogP contribution in [0.15, 0.2) is 12.1 Å². The number of rotatable bonds is 1. The van der Waals surface area contributed by atoms with Gasteiger partial charge >= 0.3 is 5.97 Å². The molecule has 0 amide bonds. The highest BCUT2D eigenvalue weighted by molar-refractivity contribution is 5.93. The number of hydrogen-bond acceptors (Lipinski definition) is 4. The Morgan fingerprint density at radius 3 is 2.71 bits per heavy atom. The number of hydrogen-bond donors (Lipinski definition) is 1. The van der Waals surface area contributed by atoms with Crippen molar-refractivity contribution in [1.29, 1.82) is 5.26 Å². The van der Waals surface area contributed by atoms with Gasteiger partial charge < -0.3 is 10.5 Å². The molecule has 0 atom stereocenters. The van der Waals surface area contributed by atoms with Crippen molar-refractivity contribution in [2.45, 2.75) is 6.92 Å². The Labute approximate surface area is 81.9 Å². The first-order chi connectivity index (χ1) is 6.60. The predicted molar refractivity (Wildman–Crippen MR) is 51.6 cm³/mol. The number of carbonyl (C=O) groups excluding carboxylic acids is 1. The highest BCUT2D eigenvalue weighted by Crippen LogP contribution is 2.18. The molecule has 4 heteroatoms. The second-order valence-corrected chi connectivity index (χ2v) is 2.86. The first-order valence-electron chi connectivity index (χ1n) is 3.98. The van der Waals surface area contributed by atoms with Crippen LogP contribution in [-0.2, 0) is 4.74 Å². The number of nitrogens with zero attached hydrogens (tertiary/aromatic N) is 1. The minimum atomic E-state index is -0.544. The summed E-state index contributed by atoms with van der Waals surface area (Å²) in [4.78, 5) is 11.3. The molecule has 0 spiro atoms. The fourth-order valence-electron chi connectivity index (χ4n) is 1.23. The first-order valence-corrected chi connectivity index (χ1v) is 3.98. The van der Waals surface area contributed by atoms with Gasteiger partial charge in [0.15, 0.2) is 0 Å². The van der Waals surface area contributed by atoms with Crippen LogP contribution in [0.2, 0.25) is 0 Å². The van der Waals surface area contributed by atoms with E-state index in [2.05, 4.69) is 4.74 Å². The maximum absolute atomic E-state index is 11.3. The van der Waals surface area contributed by atoms with Crippen molar-refractivity contribution in [2.75, 3.05) is 12.8 Å². The molecule has 0 fully saturated rings. The van der Waals surface area contributed by atoms with Crippen LogP contribution < -0.4 is 5.73 Å². The zero-order valence-electron chi connectivity index (χ0n) is 8.00. The molecule has 0 aliphatic heterocycles. The molecule has 0 radical (unpaired) electrons. The maximum atomic E-state index is 11.3. The predicted octanol–water partition coefficient (Wildman–Crippen LogP) is 1.24. The number of esters is 1. The van der Waals surface area contributed by atoms with Crippen LogP contribution in [0.4, 0.5) is 5.69 Å². The SMILES string of the molecule is COC(=O)c1cc(N)cc(C)c1C#N. The molecular formula is C10H10N2O2. The lowest BCUT2D eigenvalue weighted by Gasteiger charge is -2.05.